The van der Waals surface area contributed by atoms with Crippen LogP contribution in [0.4, 0.5) is 5.69 Å². The van der Waals surface area contributed by atoms with E-state index in [1.54, 1.807) is 0 Å². The minimum atomic E-state index is 0.341. The normalized spacial score (nSPS) is 13.4. The monoisotopic (exact) mass is 171 g/mol. The van der Waals surface area contributed by atoms with Crippen molar-refractivity contribution in [3.63, 3.8) is 0 Å². The van der Waals surface area contributed by atoms with Crippen molar-refractivity contribution in [3.8, 4) is 11.8 Å². The lowest BCUT2D eigenvalue weighted by Gasteiger charge is -2.09. The Hall–Kier alpha value is -1.42. The van der Waals surface area contributed by atoms with Crippen molar-refractivity contribution >= 4 is 5.69 Å². The summed E-state index contributed by atoms with van der Waals surface area (Å²) in [5, 5.41) is 3.21. The second kappa shape index (κ2) is 3.14. The molecule has 0 heterocycles. The Kier molecular flexibility index (Phi) is 1.98. The van der Waals surface area contributed by atoms with E-state index < -0.39 is 0 Å². The third kappa shape index (κ3) is 1.53. The van der Waals surface area contributed by atoms with Crippen LogP contribution in [0.1, 0.15) is 24.0 Å². The second-order valence-corrected chi connectivity index (χ2v) is 3.25. The van der Waals surface area contributed by atoms with Crippen LogP contribution in [0, 0.1) is 11.8 Å². The fourth-order valence-electron chi connectivity index (χ4n) is 1.49. The molecule has 1 aromatic rings. The van der Waals surface area contributed by atoms with Crippen molar-refractivity contribution in [2.24, 2.45) is 0 Å². The summed E-state index contributed by atoms with van der Waals surface area (Å²) in [6.07, 6.45) is 1.08. The maximum atomic E-state index is 3.21. The van der Waals surface area contributed by atoms with Crippen molar-refractivity contribution < 1.29 is 0 Å². The SMILES string of the molecule is CCc1ccc(C2C#C2)c(NC)c1. The maximum Gasteiger partial charge on any atom is 0.108 e. The van der Waals surface area contributed by atoms with E-state index >= 15 is 0 Å². The van der Waals surface area contributed by atoms with Gasteiger partial charge in [-0.05, 0) is 18.1 Å². The predicted octanol–water partition coefficient (Wildman–Crippen LogP) is 2.39. The number of benzene rings is 1. The van der Waals surface area contributed by atoms with E-state index in [4.69, 9.17) is 0 Å². The average Bonchev–Trinajstić information content (AvgIpc) is 3.00. The first-order valence-corrected chi connectivity index (χ1v) is 4.66. The van der Waals surface area contributed by atoms with Crippen molar-refractivity contribution in [3.05, 3.63) is 29.3 Å². The Labute approximate surface area is 79.2 Å². The standard InChI is InChI=1S/C12H13N/c1-3-9-4-7-11(10-5-6-10)12(8-9)13-2/h4,7-8,10,13H,3H2,1-2H3. The molecular formula is C12H13N. The lowest BCUT2D eigenvalue weighted by atomic mass is 10.0. The number of anilines is 1. The van der Waals surface area contributed by atoms with Gasteiger partial charge in [-0.15, -0.1) is 0 Å². The maximum absolute atomic E-state index is 3.21. The fourth-order valence-corrected chi connectivity index (χ4v) is 1.49. The Morgan fingerprint density at radius 1 is 1.38 bits per heavy atom. The van der Waals surface area contributed by atoms with Gasteiger partial charge in [0.1, 0.15) is 5.92 Å². The van der Waals surface area contributed by atoms with E-state index in [1.807, 2.05) is 7.05 Å². The van der Waals surface area contributed by atoms with Gasteiger partial charge < -0.3 is 5.32 Å². The van der Waals surface area contributed by atoms with E-state index in [9.17, 15) is 0 Å². The molecule has 2 rings (SSSR count). The number of hydrogen-bond donors (Lipinski definition) is 1. The number of aryl methyl sites for hydroxylation is 1. The molecule has 0 fully saturated rings. The number of nitrogens with one attached hydrogen (secondary N) is 1. The van der Waals surface area contributed by atoms with E-state index in [0.29, 0.717) is 5.92 Å². The molecule has 0 bridgehead atoms. The van der Waals surface area contributed by atoms with Gasteiger partial charge in [0.2, 0.25) is 0 Å². The van der Waals surface area contributed by atoms with E-state index in [2.05, 4.69) is 42.3 Å². The molecule has 0 atom stereocenters. The summed E-state index contributed by atoms with van der Waals surface area (Å²) < 4.78 is 0. The summed E-state index contributed by atoms with van der Waals surface area (Å²) in [7, 11) is 1.96. The summed E-state index contributed by atoms with van der Waals surface area (Å²) in [4.78, 5) is 0. The van der Waals surface area contributed by atoms with Crippen LogP contribution in [0.5, 0.6) is 0 Å². The molecule has 0 radical (unpaired) electrons. The van der Waals surface area contributed by atoms with Gasteiger partial charge in [-0.25, -0.2) is 0 Å². The summed E-state index contributed by atoms with van der Waals surface area (Å²) in [6.45, 7) is 2.17. The molecule has 1 aromatic carbocycles. The summed E-state index contributed by atoms with van der Waals surface area (Å²) >= 11 is 0. The van der Waals surface area contributed by atoms with Gasteiger partial charge in [0.25, 0.3) is 0 Å². The van der Waals surface area contributed by atoms with Crippen molar-refractivity contribution in [1.29, 1.82) is 0 Å². The first kappa shape index (κ1) is 8.19. The van der Waals surface area contributed by atoms with Gasteiger partial charge in [0.05, 0.1) is 0 Å². The molecule has 1 nitrogen and oxygen atoms in total. The topological polar surface area (TPSA) is 12.0 Å². The zero-order valence-electron chi connectivity index (χ0n) is 8.02. The van der Waals surface area contributed by atoms with Crippen molar-refractivity contribution in [2.45, 2.75) is 19.3 Å². The van der Waals surface area contributed by atoms with Crippen LogP contribution in [0.2, 0.25) is 0 Å². The van der Waals surface area contributed by atoms with Crippen molar-refractivity contribution in [1.82, 2.24) is 0 Å². The minimum Gasteiger partial charge on any atom is -0.388 e. The van der Waals surface area contributed by atoms with Crippen LogP contribution in [-0.2, 0) is 6.42 Å². The highest BCUT2D eigenvalue weighted by molar-refractivity contribution is 5.62. The van der Waals surface area contributed by atoms with Gasteiger partial charge in [0.15, 0.2) is 0 Å². The Balaban J connectivity index is 2.34. The van der Waals surface area contributed by atoms with Crippen molar-refractivity contribution in [2.75, 3.05) is 12.4 Å². The summed E-state index contributed by atoms with van der Waals surface area (Å²) in [5.41, 5.74) is 3.87. The molecule has 0 aromatic heterocycles. The van der Waals surface area contributed by atoms with Crippen LogP contribution in [0.15, 0.2) is 18.2 Å². The predicted molar refractivity (Wildman–Crippen MR) is 55.9 cm³/mol. The molecular weight excluding hydrogens is 158 g/mol. The fraction of sp³-hybridized carbons (Fsp3) is 0.333. The second-order valence-electron chi connectivity index (χ2n) is 3.25. The lowest BCUT2D eigenvalue weighted by Crippen LogP contribution is -1.96. The van der Waals surface area contributed by atoms with Gasteiger partial charge in [-0.3, -0.25) is 0 Å². The number of hydrogen-bond acceptors (Lipinski definition) is 1. The summed E-state index contributed by atoms with van der Waals surface area (Å²) in [6, 6.07) is 6.55. The first-order valence-electron chi connectivity index (χ1n) is 4.66. The molecule has 0 aliphatic heterocycles. The molecule has 1 N–H and O–H groups in total. The molecule has 0 saturated heterocycles. The van der Waals surface area contributed by atoms with E-state index in [1.165, 1.54) is 16.8 Å². The molecule has 0 unspecified atom stereocenters. The molecule has 1 heteroatoms. The zero-order valence-corrected chi connectivity index (χ0v) is 8.02. The third-order valence-electron chi connectivity index (χ3n) is 2.39. The molecule has 66 valence electrons. The van der Waals surface area contributed by atoms with Crippen LogP contribution in [0.25, 0.3) is 0 Å². The lowest BCUT2D eigenvalue weighted by molar-refractivity contribution is 1.12. The van der Waals surface area contributed by atoms with E-state index in [-0.39, 0.29) is 0 Å². The Morgan fingerprint density at radius 3 is 2.69 bits per heavy atom. The largest absolute Gasteiger partial charge is 0.388 e. The first-order chi connectivity index (χ1) is 6.35. The van der Waals surface area contributed by atoms with Crippen LogP contribution in [-0.4, -0.2) is 7.05 Å². The highest BCUT2D eigenvalue weighted by Crippen LogP contribution is 2.29. The smallest absolute Gasteiger partial charge is 0.108 e. The van der Waals surface area contributed by atoms with Gasteiger partial charge in [-0.1, -0.05) is 30.9 Å². The zero-order chi connectivity index (χ0) is 9.26. The number of rotatable bonds is 3. The Bertz CT molecular complexity index is 374. The van der Waals surface area contributed by atoms with Gasteiger partial charge in [0, 0.05) is 18.3 Å². The third-order valence-corrected chi connectivity index (χ3v) is 2.39. The minimum absolute atomic E-state index is 0.341. The van der Waals surface area contributed by atoms with Gasteiger partial charge in [-0.2, -0.15) is 0 Å². The highest BCUT2D eigenvalue weighted by atomic mass is 14.8. The van der Waals surface area contributed by atoms with Crippen LogP contribution >= 0.6 is 0 Å². The van der Waals surface area contributed by atoms with Gasteiger partial charge >= 0.3 is 0 Å². The molecule has 0 spiro atoms. The van der Waals surface area contributed by atoms with Crippen LogP contribution < -0.4 is 5.32 Å². The molecule has 1 aliphatic carbocycles. The highest BCUT2D eigenvalue weighted by Gasteiger charge is 2.16. The quantitative estimate of drug-likeness (QED) is 0.688. The molecule has 1 aliphatic rings. The molecule has 0 amide bonds. The average molecular weight is 171 g/mol. The Morgan fingerprint density at radius 2 is 2.15 bits per heavy atom. The van der Waals surface area contributed by atoms with E-state index in [0.717, 1.165) is 6.42 Å². The summed E-state index contributed by atoms with van der Waals surface area (Å²) in [5.74, 6) is 6.49. The molecule has 0 saturated carbocycles. The molecule has 13 heavy (non-hydrogen) atoms. The van der Waals surface area contributed by atoms with Crippen LogP contribution in [0.3, 0.4) is 0 Å².